The second-order valence-corrected chi connectivity index (χ2v) is 4.97. The predicted molar refractivity (Wildman–Crippen MR) is 66.4 cm³/mol. The van der Waals surface area contributed by atoms with Gasteiger partial charge in [-0.15, -0.1) is 0 Å². The number of imidazole rings is 1. The van der Waals surface area contributed by atoms with Gasteiger partial charge in [-0.3, -0.25) is 0 Å². The fourth-order valence-electron chi connectivity index (χ4n) is 2.49. The summed E-state index contributed by atoms with van der Waals surface area (Å²) in [5, 5.41) is 3.64. The number of hydrogen-bond acceptors (Lipinski definition) is 2. The lowest BCUT2D eigenvalue weighted by Crippen LogP contribution is -2.31. The van der Waals surface area contributed by atoms with Crippen molar-refractivity contribution in [3.05, 3.63) is 17.2 Å². The molecule has 0 atom stereocenters. The fraction of sp³-hybridized carbons (Fsp3) is 0.769. The minimum absolute atomic E-state index is 0.714. The van der Waals surface area contributed by atoms with Crippen molar-refractivity contribution in [1.82, 2.24) is 14.9 Å². The van der Waals surface area contributed by atoms with Crippen molar-refractivity contribution < 1.29 is 0 Å². The van der Waals surface area contributed by atoms with Crippen LogP contribution in [-0.4, -0.2) is 15.6 Å². The van der Waals surface area contributed by atoms with Gasteiger partial charge >= 0.3 is 0 Å². The van der Waals surface area contributed by atoms with Crippen molar-refractivity contribution in [3.8, 4) is 0 Å². The topological polar surface area (TPSA) is 29.9 Å². The summed E-state index contributed by atoms with van der Waals surface area (Å²) in [5.41, 5.74) is 2.43. The van der Waals surface area contributed by atoms with E-state index in [0.717, 1.165) is 12.2 Å². The average molecular weight is 221 g/mol. The number of aromatic nitrogens is 2. The van der Waals surface area contributed by atoms with Gasteiger partial charge in [-0.25, -0.2) is 4.98 Å². The van der Waals surface area contributed by atoms with E-state index < -0.39 is 0 Å². The van der Waals surface area contributed by atoms with E-state index in [0.29, 0.717) is 6.04 Å². The zero-order valence-corrected chi connectivity index (χ0v) is 10.7. The van der Waals surface area contributed by atoms with Gasteiger partial charge in [0.1, 0.15) is 5.82 Å². The smallest absolute Gasteiger partial charge is 0.122 e. The zero-order valence-electron chi connectivity index (χ0n) is 10.7. The Morgan fingerprint density at radius 2 is 1.94 bits per heavy atom. The number of nitrogens with one attached hydrogen (secondary N) is 1. The highest BCUT2D eigenvalue weighted by Crippen LogP contribution is 2.18. The molecule has 0 spiro atoms. The average Bonchev–Trinajstić information content (AvgIpc) is 2.56. The normalized spacial score (nSPS) is 17.9. The van der Waals surface area contributed by atoms with Gasteiger partial charge in [0.15, 0.2) is 0 Å². The Balaban J connectivity index is 1.91. The molecule has 1 N–H and O–H groups in total. The lowest BCUT2D eigenvalue weighted by atomic mass is 9.95. The summed E-state index contributed by atoms with van der Waals surface area (Å²) in [7, 11) is 2.10. The van der Waals surface area contributed by atoms with Gasteiger partial charge in [0, 0.05) is 18.8 Å². The molecular weight excluding hydrogens is 198 g/mol. The van der Waals surface area contributed by atoms with Crippen LogP contribution in [0.25, 0.3) is 0 Å². The van der Waals surface area contributed by atoms with Crippen LogP contribution in [0.2, 0.25) is 0 Å². The molecule has 1 fully saturated rings. The molecule has 1 aromatic rings. The third-order valence-electron chi connectivity index (χ3n) is 3.86. The molecule has 90 valence electrons. The van der Waals surface area contributed by atoms with Crippen LogP contribution in [0.15, 0.2) is 0 Å². The van der Waals surface area contributed by atoms with Crippen LogP contribution in [0.4, 0.5) is 0 Å². The molecule has 1 aliphatic carbocycles. The number of nitrogens with zero attached hydrogens (tertiary/aromatic N) is 2. The Hall–Kier alpha value is -0.830. The molecule has 0 unspecified atom stereocenters. The second-order valence-electron chi connectivity index (χ2n) is 4.97. The Bertz CT molecular complexity index is 348. The van der Waals surface area contributed by atoms with Gasteiger partial charge in [-0.05, 0) is 26.7 Å². The molecule has 1 heterocycles. The molecular formula is C13H23N3. The maximum absolute atomic E-state index is 4.59. The standard InChI is InChI=1S/C13H23N3/c1-10-11(2)16(3)13(15-10)9-14-12-7-5-4-6-8-12/h12,14H,4-9H2,1-3H3. The summed E-state index contributed by atoms with van der Waals surface area (Å²) in [6, 6.07) is 0.714. The molecule has 2 rings (SSSR count). The minimum Gasteiger partial charge on any atom is -0.334 e. The first-order valence-corrected chi connectivity index (χ1v) is 6.40. The molecule has 3 heteroatoms. The molecule has 0 aliphatic heterocycles. The molecule has 3 nitrogen and oxygen atoms in total. The SMILES string of the molecule is Cc1nc(CNC2CCCCC2)n(C)c1C. The highest BCUT2D eigenvalue weighted by molar-refractivity contribution is 5.13. The maximum atomic E-state index is 4.59. The summed E-state index contributed by atoms with van der Waals surface area (Å²) in [5.74, 6) is 1.17. The molecule has 0 amide bonds. The summed E-state index contributed by atoms with van der Waals surface area (Å²) in [4.78, 5) is 4.59. The van der Waals surface area contributed by atoms with Crippen LogP contribution in [-0.2, 0) is 13.6 Å². The van der Waals surface area contributed by atoms with E-state index >= 15 is 0 Å². The van der Waals surface area contributed by atoms with Crippen molar-refractivity contribution in [2.75, 3.05) is 0 Å². The van der Waals surface area contributed by atoms with E-state index in [-0.39, 0.29) is 0 Å². The first-order chi connectivity index (χ1) is 7.68. The number of aryl methyl sites for hydroxylation is 1. The minimum atomic E-state index is 0.714. The van der Waals surface area contributed by atoms with Gasteiger partial charge in [0.25, 0.3) is 0 Å². The van der Waals surface area contributed by atoms with Crippen molar-refractivity contribution in [2.24, 2.45) is 7.05 Å². The van der Waals surface area contributed by atoms with Gasteiger partial charge < -0.3 is 9.88 Å². The Morgan fingerprint density at radius 1 is 1.25 bits per heavy atom. The van der Waals surface area contributed by atoms with E-state index in [1.165, 1.54) is 43.6 Å². The Morgan fingerprint density at radius 3 is 2.50 bits per heavy atom. The lowest BCUT2D eigenvalue weighted by Gasteiger charge is -2.22. The highest BCUT2D eigenvalue weighted by Gasteiger charge is 2.14. The van der Waals surface area contributed by atoms with E-state index in [1.807, 2.05) is 0 Å². The highest BCUT2D eigenvalue weighted by atomic mass is 15.1. The third-order valence-corrected chi connectivity index (χ3v) is 3.86. The first kappa shape index (κ1) is 11.6. The number of hydrogen-bond donors (Lipinski definition) is 1. The molecule has 1 saturated carbocycles. The Kier molecular flexibility index (Phi) is 3.64. The van der Waals surface area contributed by atoms with Crippen LogP contribution in [0.5, 0.6) is 0 Å². The molecule has 0 bridgehead atoms. The van der Waals surface area contributed by atoms with Crippen LogP contribution >= 0.6 is 0 Å². The quantitative estimate of drug-likeness (QED) is 0.849. The van der Waals surface area contributed by atoms with Crippen molar-refractivity contribution >= 4 is 0 Å². The Labute approximate surface area is 98.3 Å². The molecule has 0 saturated heterocycles. The van der Waals surface area contributed by atoms with E-state index in [9.17, 15) is 0 Å². The van der Waals surface area contributed by atoms with Crippen LogP contribution in [0.1, 0.15) is 49.3 Å². The summed E-state index contributed by atoms with van der Waals surface area (Å²) in [6.07, 6.45) is 6.86. The van der Waals surface area contributed by atoms with Gasteiger partial charge in [-0.2, -0.15) is 0 Å². The molecule has 1 aromatic heterocycles. The van der Waals surface area contributed by atoms with Gasteiger partial charge in [0.05, 0.1) is 12.2 Å². The van der Waals surface area contributed by atoms with Gasteiger partial charge in [-0.1, -0.05) is 19.3 Å². The van der Waals surface area contributed by atoms with E-state index in [4.69, 9.17) is 0 Å². The first-order valence-electron chi connectivity index (χ1n) is 6.40. The maximum Gasteiger partial charge on any atom is 0.122 e. The predicted octanol–water partition coefficient (Wildman–Crippen LogP) is 2.46. The number of rotatable bonds is 3. The van der Waals surface area contributed by atoms with E-state index in [1.54, 1.807) is 0 Å². The fourth-order valence-corrected chi connectivity index (χ4v) is 2.49. The van der Waals surface area contributed by atoms with Crippen LogP contribution < -0.4 is 5.32 Å². The monoisotopic (exact) mass is 221 g/mol. The van der Waals surface area contributed by atoms with E-state index in [2.05, 4.69) is 35.8 Å². The molecule has 0 aromatic carbocycles. The summed E-state index contributed by atoms with van der Waals surface area (Å²) in [6.45, 7) is 5.13. The molecule has 1 aliphatic rings. The third kappa shape index (κ3) is 2.46. The largest absolute Gasteiger partial charge is 0.334 e. The summed E-state index contributed by atoms with van der Waals surface area (Å²) >= 11 is 0. The van der Waals surface area contributed by atoms with Crippen molar-refractivity contribution in [2.45, 2.75) is 58.5 Å². The van der Waals surface area contributed by atoms with Crippen molar-refractivity contribution in [1.29, 1.82) is 0 Å². The van der Waals surface area contributed by atoms with Crippen LogP contribution in [0, 0.1) is 13.8 Å². The summed E-state index contributed by atoms with van der Waals surface area (Å²) < 4.78 is 2.20. The lowest BCUT2D eigenvalue weighted by molar-refractivity contribution is 0.367. The zero-order chi connectivity index (χ0) is 11.5. The van der Waals surface area contributed by atoms with Gasteiger partial charge in [0.2, 0.25) is 0 Å². The second kappa shape index (κ2) is 5.00. The molecule has 0 radical (unpaired) electrons. The van der Waals surface area contributed by atoms with Crippen LogP contribution in [0.3, 0.4) is 0 Å². The molecule has 16 heavy (non-hydrogen) atoms. The van der Waals surface area contributed by atoms with Crippen molar-refractivity contribution in [3.63, 3.8) is 0 Å².